The summed E-state index contributed by atoms with van der Waals surface area (Å²) in [6.07, 6.45) is 2.05. The Bertz CT molecular complexity index is 340. The molecular weight excluding hydrogens is 192 g/mol. The first-order valence-electron chi connectivity index (χ1n) is 4.66. The number of carboxylic acids is 1. The van der Waals surface area contributed by atoms with Crippen molar-refractivity contribution in [3.05, 3.63) is 42.5 Å². The summed E-state index contributed by atoms with van der Waals surface area (Å²) in [6, 6.07) is 7.05. The van der Waals surface area contributed by atoms with Crippen LogP contribution >= 0.6 is 0 Å². The summed E-state index contributed by atoms with van der Waals surface area (Å²) in [5.74, 6) is -0.630. The molecule has 0 saturated carbocycles. The summed E-state index contributed by atoms with van der Waals surface area (Å²) in [5, 5.41) is 9.01. The van der Waals surface area contributed by atoms with Crippen LogP contribution in [0.5, 0.6) is 5.75 Å². The molecule has 3 heteroatoms. The second-order valence-corrected chi connectivity index (χ2v) is 3.19. The van der Waals surface area contributed by atoms with Crippen LogP contribution in [0, 0.1) is 0 Å². The maximum absolute atomic E-state index is 11.0. The summed E-state index contributed by atoms with van der Waals surface area (Å²) in [4.78, 5) is 11.0. The van der Waals surface area contributed by atoms with E-state index in [-0.39, 0.29) is 0 Å². The molecule has 0 saturated heterocycles. The van der Waals surface area contributed by atoms with E-state index in [1.54, 1.807) is 37.5 Å². The number of hydrogen-bond donors (Lipinski definition) is 1. The van der Waals surface area contributed by atoms with Crippen molar-refractivity contribution in [1.29, 1.82) is 0 Å². The van der Waals surface area contributed by atoms with Crippen molar-refractivity contribution in [2.75, 3.05) is 7.11 Å². The summed E-state index contributed by atoms with van der Waals surface area (Å²) in [7, 11) is 1.58. The van der Waals surface area contributed by atoms with Gasteiger partial charge in [-0.1, -0.05) is 18.2 Å². The molecule has 0 fully saturated rings. The lowest BCUT2D eigenvalue weighted by Gasteiger charge is -2.10. The maximum atomic E-state index is 11.0. The minimum atomic E-state index is -0.833. The Balaban J connectivity index is 2.91. The number of allylic oxidation sites excluding steroid dienone is 1. The summed E-state index contributed by atoms with van der Waals surface area (Å²) >= 11 is 0. The van der Waals surface area contributed by atoms with Crippen molar-refractivity contribution in [3.8, 4) is 5.75 Å². The van der Waals surface area contributed by atoms with Gasteiger partial charge in [0, 0.05) is 0 Å². The summed E-state index contributed by atoms with van der Waals surface area (Å²) < 4.78 is 5.00. The topological polar surface area (TPSA) is 46.5 Å². The van der Waals surface area contributed by atoms with Crippen LogP contribution in [0.1, 0.15) is 17.9 Å². The number of aliphatic carboxylic acids is 1. The fraction of sp³-hybridized carbons (Fsp3) is 0.250. The molecule has 0 aliphatic heterocycles. The Labute approximate surface area is 89.0 Å². The van der Waals surface area contributed by atoms with Crippen molar-refractivity contribution in [1.82, 2.24) is 0 Å². The molecule has 0 unspecified atom stereocenters. The monoisotopic (exact) mass is 206 g/mol. The molecule has 80 valence electrons. The number of methoxy groups -OCH3 is 1. The van der Waals surface area contributed by atoms with E-state index < -0.39 is 11.9 Å². The standard InChI is InChI=1S/C12H14O3/c1-3-4-11(12(13)14)9-5-7-10(15-2)8-6-9/h3,5-8,11H,1,4H2,2H3,(H,13,14)/t11-/m0/s1. The molecule has 1 rings (SSSR count). The van der Waals surface area contributed by atoms with Gasteiger partial charge < -0.3 is 9.84 Å². The van der Waals surface area contributed by atoms with E-state index in [1.165, 1.54) is 0 Å². The lowest BCUT2D eigenvalue weighted by Crippen LogP contribution is -2.10. The molecule has 0 aromatic heterocycles. The quantitative estimate of drug-likeness (QED) is 0.752. The number of rotatable bonds is 5. The molecule has 0 aliphatic carbocycles. The van der Waals surface area contributed by atoms with E-state index in [0.717, 1.165) is 11.3 Å². The molecule has 0 amide bonds. The molecule has 1 aromatic rings. The molecular formula is C12H14O3. The molecule has 1 N–H and O–H groups in total. The van der Waals surface area contributed by atoms with E-state index in [0.29, 0.717) is 6.42 Å². The Morgan fingerprint density at radius 2 is 2.13 bits per heavy atom. The van der Waals surface area contributed by atoms with E-state index in [4.69, 9.17) is 9.84 Å². The first-order valence-corrected chi connectivity index (χ1v) is 4.66. The number of carbonyl (C=O) groups is 1. The van der Waals surface area contributed by atoms with Crippen LogP contribution in [0.2, 0.25) is 0 Å². The van der Waals surface area contributed by atoms with Gasteiger partial charge in [-0.15, -0.1) is 6.58 Å². The van der Waals surface area contributed by atoms with Crippen molar-refractivity contribution in [2.24, 2.45) is 0 Å². The molecule has 1 atom stereocenters. The van der Waals surface area contributed by atoms with Gasteiger partial charge in [0.15, 0.2) is 0 Å². The molecule has 0 heterocycles. The molecule has 1 aromatic carbocycles. The molecule has 0 radical (unpaired) electrons. The lowest BCUT2D eigenvalue weighted by atomic mass is 9.96. The van der Waals surface area contributed by atoms with Gasteiger partial charge in [0.05, 0.1) is 13.0 Å². The Morgan fingerprint density at radius 3 is 2.53 bits per heavy atom. The summed E-state index contributed by atoms with van der Waals surface area (Å²) in [6.45, 7) is 3.55. The normalized spacial score (nSPS) is 11.8. The highest BCUT2D eigenvalue weighted by Gasteiger charge is 2.17. The van der Waals surface area contributed by atoms with Crippen molar-refractivity contribution in [3.63, 3.8) is 0 Å². The number of hydrogen-bond acceptors (Lipinski definition) is 2. The van der Waals surface area contributed by atoms with Gasteiger partial charge in [0.25, 0.3) is 0 Å². The third-order valence-electron chi connectivity index (χ3n) is 2.22. The SMILES string of the molecule is C=CC[C@H](C(=O)O)c1ccc(OC)cc1. The van der Waals surface area contributed by atoms with Crippen molar-refractivity contribution >= 4 is 5.97 Å². The minimum Gasteiger partial charge on any atom is -0.497 e. The first-order chi connectivity index (χ1) is 7.19. The number of ether oxygens (including phenoxy) is 1. The van der Waals surface area contributed by atoms with Gasteiger partial charge in [0.1, 0.15) is 5.75 Å². The molecule has 0 aliphatic rings. The average Bonchev–Trinajstić information content (AvgIpc) is 2.26. The van der Waals surface area contributed by atoms with Crippen LogP contribution in [0.15, 0.2) is 36.9 Å². The van der Waals surface area contributed by atoms with Crippen LogP contribution in [-0.4, -0.2) is 18.2 Å². The Kier molecular flexibility index (Phi) is 3.92. The van der Waals surface area contributed by atoms with Crippen LogP contribution < -0.4 is 4.74 Å². The van der Waals surface area contributed by atoms with Crippen molar-refractivity contribution < 1.29 is 14.6 Å². The van der Waals surface area contributed by atoms with Gasteiger partial charge >= 0.3 is 5.97 Å². The van der Waals surface area contributed by atoms with Crippen LogP contribution in [0.4, 0.5) is 0 Å². The highest BCUT2D eigenvalue weighted by molar-refractivity contribution is 5.76. The molecule has 15 heavy (non-hydrogen) atoms. The molecule has 0 spiro atoms. The predicted molar refractivity (Wildman–Crippen MR) is 58.2 cm³/mol. The second-order valence-electron chi connectivity index (χ2n) is 3.19. The van der Waals surface area contributed by atoms with Crippen LogP contribution in [0.3, 0.4) is 0 Å². The lowest BCUT2D eigenvalue weighted by molar-refractivity contribution is -0.138. The maximum Gasteiger partial charge on any atom is 0.311 e. The zero-order valence-corrected chi connectivity index (χ0v) is 8.64. The van der Waals surface area contributed by atoms with Gasteiger partial charge in [0.2, 0.25) is 0 Å². The number of carboxylic acid groups (broad SMARTS) is 1. The van der Waals surface area contributed by atoms with Crippen LogP contribution in [0.25, 0.3) is 0 Å². The Morgan fingerprint density at radius 1 is 1.53 bits per heavy atom. The first kappa shape index (κ1) is 11.3. The third-order valence-corrected chi connectivity index (χ3v) is 2.22. The largest absolute Gasteiger partial charge is 0.497 e. The van der Waals surface area contributed by atoms with Crippen LogP contribution in [-0.2, 0) is 4.79 Å². The smallest absolute Gasteiger partial charge is 0.311 e. The number of benzene rings is 1. The highest BCUT2D eigenvalue weighted by Crippen LogP contribution is 2.22. The van der Waals surface area contributed by atoms with E-state index in [2.05, 4.69) is 6.58 Å². The van der Waals surface area contributed by atoms with Crippen molar-refractivity contribution in [2.45, 2.75) is 12.3 Å². The second kappa shape index (κ2) is 5.20. The summed E-state index contributed by atoms with van der Waals surface area (Å²) in [5.41, 5.74) is 0.767. The Hall–Kier alpha value is -1.77. The van der Waals surface area contributed by atoms with E-state index in [9.17, 15) is 4.79 Å². The molecule has 3 nitrogen and oxygen atoms in total. The zero-order chi connectivity index (χ0) is 11.3. The van der Waals surface area contributed by atoms with Gasteiger partial charge in [-0.05, 0) is 24.1 Å². The fourth-order valence-corrected chi connectivity index (χ4v) is 1.38. The zero-order valence-electron chi connectivity index (χ0n) is 8.64. The predicted octanol–water partition coefficient (Wildman–Crippen LogP) is 2.44. The van der Waals surface area contributed by atoms with Gasteiger partial charge in [-0.25, -0.2) is 0 Å². The minimum absolute atomic E-state index is 0.432. The highest BCUT2D eigenvalue weighted by atomic mass is 16.5. The fourth-order valence-electron chi connectivity index (χ4n) is 1.38. The van der Waals surface area contributed by atoms with Gasteiger partial charge in [-0.3, -0.25) is 4.79 Å². The molecule has 0 bridgehead atoms. The third kappa shape index (κ3) is 2.84. The van der Waals surface area contributed by atoms with E-state index in [1.807, 2.05) is 0 Å². The average molecular weight is 206 g/mol. The van der Waals surface area contributed by atoms with E-state index >= 15 is 0 Å². The van der Waals surface area contributed by atoms with Gasteiger partial charge in [-0.2, -0.15) is 0 Å².